The Morgan fingerprint density at radius 1 is 1.39 bits per heavy atom. The van der Waals surface area contributed by atoms with E-state index in [0.29, 0.717) is 41.2 Å². The van der Waals surface area contributed by atoms with Gasteiger partial charge in [-0.25, -0.2) is 0 Å². The Hall–Kier alpha value is -1.07. The molecule has 0 radical (unpaired) electrons. The van der Waals surface area contributed by atoms with Gasteiger partial charge in [0.1, 0.15) is 0 Å². The molecule has 1 aliphatic heterocycles. The summed E-state index contributed by atoms with van der Waals surface area (Å²) in [4.78, 5) is 11.5. The van der Waals surface area contributed by atoms with Gasteiger partial charge in [0.05, 0.1) is 29.7 Å². The van der Waals surface area contributed by atoms with Crippen LogP contribution in [0.5, 0.6) is 11.5 Å². The third-order valence-electron chi connectivity index (χ3n) is 2.39. The van der Waals surface area contributed by atoms with E-state index in [-0.39, 0.29) is 5.91 Å². The van der Waals surface area contributed by atoms with Gasteiger partial charge < -0.3 is 14.8 Å². The van der Waals surface area contributed by atoms with Crippen molar-refractivity contribution in [2.24, 2.45) is 0 Å². The summed E-state index contributed by atoms with van der Waals surface area (Å²) in [6, 6.07) is 3.39. The van der Waals surface area contributed by atoms with Gasteiger partial charge in [-0.15, -0.1) is 0 Å². The normalized spacial score (nSPS) is 13.9. The molecule has 1 aromatic rings. The van der Waals surface area contributed by atoms with Crippen molar-refractivity contribution in [2.75, 3.05) is 30.5 Å². The molecule has 4 nitrogen and oxygen atoms in total. The second kappa shape index (κ2) is 6.20. The first-order chi connectivity index (χ1) is 8.70. The van der Waals surface area contributed by atoms with Gasteiger partial charge in [0, 0.05) is 18.6 Å². The predicted octanol–water partition coefficient (Wildman–Crippen LogP) is 2.80. The molecule has 0 fully saturated rings. The zero-order valence-corrected chi connectivity index (χ0v) is 11.6. The molecule has 1 heterocycles. The van der Waals surface area contributed by atoms with Crippen molar-refractivity contribution in [3.63, 3.8) is 0 Å². The fraction of sp³-hybridized carbons (Fsp3) is 0.417. The Bertz CT molecular complexity index is 453. The number of nitrogens with one attached hydrogen (secondary N) is 1. The average molecular weight is 288 g/mol. The summed E-state index contributed by atoms with van der Waals surface area (Å²) in [6.45, 7) is 1.22. The standard InChI is InChI=1S/C12H14ClNO3S/c1-18-7-12(15)14-9-6-11-10(5-8(9)13)16-3-2-4-17-11/h5-6H,2-4,7H2,1H3,(H,14,15). The fourth-order valence-electron chi connectivity index (χ4n) is 1.60. The number of hydrogen-bond acceptors (Lipinski definition) is 4. The number of benzene rings is 1. The van der Waals surface area contributed by atoms with Crippen LogP contribution < -0.4 is 14.8 Å². The van der Waals surface area contributed by atoms with Crippen LogP contribution in [0, 0.1) is 0 Å². The molecule has 0 atom stereocenters. The number of anilines is 1. The number of thioether (sulfide) groups is 1. The molecule has 1 aromatic carbocycles. The van der Waals surface area contributed by atoms with Gasteiger partial charge in [-0.05, 0) is 6.26 Å². The zero-order chi connectivity index (χ0) is 13.0. The number of amides is 1. The SMILES string of the molecule is CSCC(=O)Nc1cc2c(cc1Cl)OCCCO2. The number of carbonyl (C=O) groups is 1. The maximum Gasteiger partial charge on any atom is 0.234 e. The van der Waals surface area contributed by atoms with Crippen LogP contribution in [0.25, 0.3) is 0 Å². The van der Waals surface area contributed by atoms with Gasteiger partial charge in [0.25, 0.3) is 0 Å². The molecule has 0 saturated carbocycles. The van der Waals surface area contributed by atoms with Crippen LogP contribution in [0.2, 0.25) is 5.02 Å². The van der Waals surface area contributed by atoms with E-state index in [9.17, 15) is 4.79 Å². The number of fused-ring (bicyclic) bond motifs is 1. The molecule has 98 valence electrons. The molecule has 0 aliphatic carbocycles. The third-order valence-corrected chi connectivity index (χ3v) is 3.25. The van der Waals surface area contributed by atoms with Crippen molar-refractivity contribution in [1.82, 2.24) is 0 Å². The van der Waals surface area contributed by atoms with Gasteiger partial charge in [-0.2, -0.15) is 11.8 Å². The highest BCUT2D eigenvalue weighted by atomic mass is 35.5. The molecular formula is C12H14ClNO3S. The van der Waals surface area contributed by atoms with Crippen molar-refractivity contribution in [2.45, 2.75) is 6.42 Å². The summed E-state index contributed by atoms with van der Waals surface area (Å²) < 4.78 is 11.1. The molecule has 18 heavy (non-hydrogen) atoms. The molecule has 2 rings (SSSR count). The minimum atomic E-state index is -0.0844. The lowest BCUT2D eigenvalue weighted by atomic mass is 10.2. The van der Waals surface area contributed by atoms with E-state index < -0.39 is 0 Å². The Morgan fingerprint density at radius 3 is 2.72 bits per heavy atom. The zero-order valence-electron chi connectivity index (χ0n) is 9.99. The van der Waals surface area contributed by atoms with Crippen LogP contribution in [-0.4, -0.2) is 31.1 Å². The summed E-state index contributed by atoms with van der Waals surface area (Å²) in [5.74, 6) is 1.56. The number of carbonyl (C=O) groups excluding carboxylic acids is 1. The Balaban J connectivity index is 2.21. The van der Waals surface area contributed by atoms with Crippen LogP contribution in [-0.2, 0) is 4.79 Å². The van der Waals surface area contributed by atoms with Gasteiger partial charge in [0.2, 0.25) is 5.91 Å². The van der Waals surface area contributed by atoms with Crippen LogP contribution in [0.15, 0.2) is 12.1 Å². The third kappa shape index (κ3) is 3.23. The minimum Gasteiger partial charge on any atom is -0.490 e. The molecule has 1 N–H and O–H groups in total. The first kappa shape index (κ1) is 13.4. The van der Waals surface area contributed by atoms with E-state index in [4.69, 9.17) is 21.1 Å². The maximum atomic E-state index is 11.5. The molecular weight excluding hydrogens is 274 g/mol. The second-order valence-electron chi connectivity index (χ2n) is 3.81. The number of halogens is 1. The van der Waals surface area contributed by atoms with Gasteiger partial charge >= 0.3 is 0 Å². The lowest BCUT2D eigenvalue weighted by Gasteiger charge is -2.12. The highest BCUT2D eigenvalue weighted by Crippen LogP contribution is 2.37. The van der Waals surface area contributed by atoms with E-state index in [1.165, 1.54) is 11.8 Å². The summed E-state index contributed by atoms with van der Waals surface area (Å²) in [6.07, 6.45) is 2.70. The van der Waals surface area contributed by atoms with Crippen molar-refractivity contribution >= 4 is 35.0 Å². The van der Waals surface area contributed by atoms with Crippen LogP contribution in [0.3, 0.4) is 0 Å². The molecule has 1 aliphatic rings. The van der Waals surface area contributed by atoms with Gasteiger partial charge in [-0.3, -0.25) is 4.79 Å². The molecule has 0 aromatic heterocycles. The number of rotatable bonds is 3. The van der Waals surface area contributed by atoms with Crippen molar-refractivity contribution < 1.29 is 14.3 Å². The maximum absolute atomic E-state index is 11.5. The number of hydrogen-bond donors (Lipinski definition) is 1. The molecule has 0 saturated heterocycles. The van der Waals surface area contributed by atoms with Crippen molar-refractivity contribution in [1.29, 1.82) is 0 Å². The molecule has 0 spiro atoms. The Kier molecular flexibility index (Phi) is 4.60. The number of ether oxygens (including phenoxy) is 2. The Morgan fingerprint density at radius 2 is 2.06 bits per heavy atom. The van der Waals surface area contributed by atoms with Crippen LogP contribution in [0.1, 0.15) is 6.42 Å². The van der Waals surface area contributed by atoms with E-state index >= 15 is 0 Å². The summed E-state index contributed by atoms with van der Waals surface area (Å²) >= 11 is 7.56. The van der Waals surface area contributed by atoms with E-state index in [1.807, 2.05) is 6.26 Å². The second-order valence-corrected chi connectivity index (χ2v) is 5.08. The topological polar surface area (TPSA) is 47.6 Å². The summed E-state index contributed by atoms with van der Waals surface area (Å²) in [5, 5.41) is 3.21. The van der Waals surface area contributed by atoms with E-state index in [2.05, 4.69) is 5.32 Å². The van der Waals surface area contributed by atoms with Gasteiger partial charge in [0.15, 0.2) is 11.5 Å². The Labute approximate surface area is 115 Å². The monoisotopic (exact) mass is 287 g/mol. The lowest BCUT2D eigenvalue weighted by Crippen LogP contribution is -2.14. The highest BCUT2D eigenvalue weighted by Gasteiger charge is 2.15. The first-order valence-electron chi connectivity index (χ1n) is 5.58. The van der Waals surface area contributed by atoms with Crippen molar-refractivity contribution in [3.05, 3.63) is 17.2 Å². The molecule has 0 unspecified atom stereocenters. The smallest absolute Gasteiger partial charge is 0.234 e. The largest absolute Gasteiger partial charge is 0.490 e. The summed E-state index contributed by atoms with van der Waals surface area (Å²) in [5.41, 5.74) is 0.556. The first-order valence-corrected chi connectivity index (χ1v) is 7.36. The minimum absolute atomic E-state index is 0.0844. The van der Waals surface area contributed by atoms with E-state index in [0.717, 1.165) is 6.42 Å². The highest BCUT2D eigenvalue weighted by molar-refractivity contribution is 7.99. The average Bonchev–Trinajstić information content (AvgIpc) is 2.55. The molecule has 0 bridgehead atoms. The van der Waals surface area contributed by atoms with Crippen molar-refractivity contribution in [3.8, 4) is 11.5 Å². The molecule has 1 amide bonds. The van der Waals surface area contributed by atoms with Gasteiger partial charge in [-0.1, -0.05) is 11.6 Å². The fourth-order valence-corrected chi connectivity index (χ4v) is 2.13. The predicted molar refractivity (Wildman–Crippen MR) is 74.1 cm³/mol. The van der Waals surface area contributed by atoms with Crippen LogP contribution in [0.4, 0.5) is 5.69 Å². The lowest BCUT2D eigenvalue weighted by molar-refractivity contribution is -0.113. The van der Waals surface area contributed by atoms with Crippen LogP contribution >= 0.6 is 23.4 Å². The molecule has 6 heteroatoms. The van der Waals surface area contributed by atoms with E-state index in [1.54, 1.807) is 12.1 Å². The quantitative estimate of drug-likeness (QED) is 0.929. The summed E-state index contributed by atoms with van der Waals surface area (Å²) in [7, 11) is 0.